The highest BCUT2D eigenvalue weighted by Crippen LogP contribution is 2.66. The number of hydrogen-bond donors (Lipinski definition) is 0. The van der Waals surface area contributed by atoms with Crippen molar-refractivity contribution >= 4 is 37.1 Å². The van der Waals surface area contributed by atoms with Crippen LogP contribution in [-0.2, 0) is 0 Å². The van der Waals surface area contributed by atoms with Gasteiger partial charge in [0.2, 0.25) is 0 Å². The molecule has 0 unspecified atom stereocenters. The smallest absolute Gasteiger partial charge is 0.0238 e. The van der Waals surface area contributed by atoms with E-state index in [0.717, 1.165) is 0 Å². The summed E-state index contributed by atoms with van der Waals surface area (Å²) in [5, 5.41) is 5.89. The van der Waals surface area contributed by atoms with Gasteiger partial charge < -0.3 is 0 Å². The Balaban J connectivity index is 1.97. The molecule has 2 heteroatoms. The van der Waals surface area contributed by atoms with Crippen molar-refractivity contribution in [1.29, 1.82) is 0 Å². The largest absolute Gasteiger partial charge is 0.0653 e. The van der Waals surface area contributed by atoms with Gasteiger partial charge in [0.15, 0.2) is 0 Å². The molecule has 0 heterocycles. The van der Waals surface area contributed by atoms with Gasteiger partial charge in [-0.05, 0) is 43.5 Å². The first-order valence-corrected chi connectivity index (χ1v) is 13.7. The van der Waals surface area contributed by atoms with Crippen molar-refractivity contribution < 1.29 is 0 Å². The number of rotatable bonds is 8. The second-order valence-electron chi connectivity index (χ2n) is 7.98. The molecule has 31 heavy (non-hydrogen) atoms. The zero-order chi connectivity index (χ0) is 21.5. The lowest BCUT2D eigenvalue weighted by atomic mass is 10.2. The molecule has 0 aromatic heterocycles. The molecule has 4 rings (SSSR count). The summed E-state index contributed by atoms with van der Waals surface area (Å²) in [6, 6.07) is 44.9. The average molecular weight is 441 g/mol. The molecule has 0 saturated heterocycles. The quantitative estimate of drug-likeness (QED) is 0.265. The van der Waals surface area contributed by atoms with Crippen LogP contribution < -0.4 is 21.2 Å². The van der Waals surface area contributed by atoms with Crippen molar-refractivity contribution in [2.24, 2.45) is 0 Å². The van der Waals surface area contributed by atoms with Gasteiger partial charge >= 0.3 is 0 Å². The summed E-state index contributed by atoms with van der Waals surface area (Å²) in [6.07, 6.45) is 2.37. The SMILES string of the molecule is CCCC(C)(P(c1ccccc1)c1ccccc1)P(c1ccccc1)c1ccccc1. The topological polar surface area (TPSA) is 0 Å². The van der Waals surface area contributed by atoms with Crippen LogP contribution in [0.5, 0.6) is 0 Å². The summed E-state index contributed by atoms with van der Waals surface area (Å²) < 4.78 is 0. The Morgan fingerprint density at radius 1 is 0.484 bits per heavy atom. The molecule has 0 fully saturated rings. The van der Waals surface area contributed by atoms with E-state index in [1.807, 2.05) is 0 Å². The van der Waals surface area contributed by atoms with Crippen LogP contribution in [-0.4, -0.2) is 4.90 Å². The van der Waals surface area contributed by atoms with Crippen molar-refractivity contribution in [3.8, 4) is 0 Å². The zero-order valence-electron chi connectivity index (χ0n) is 18.4. The molecule has 4 aromatic rings. The van der Waals surface area contributed by atoms with Crippen LogP contribution in [0.25, 0.3) is 0 Å². The number of hydrogen-bond acceptors (Lipinski definition) is 0. The highest BCUT2D eigenvalue weighted by Gasteiger charge is 2.43. The van der Waals surface area contributed by atoms with Crippen LogP contribution in [0.15, 0.2) is 121 Å². The van der Waals surface area contributed by atoms with E-state index in [1.54, 1.807) is 0 Å². The van der Waals surface area contributed by atoms with Gasteiger partial charge in [0.25, 0.3) is 0 Å². The van der Waals surface area contributed by atoms with E-state index in [1.165, 1.54) is 34.1 Å². The lowest BCUT2D eigenvalue weighted by Gasteiger charge is -2.45. The molecule has 0 radical (unpaired) electrons. The molecule has 0 atom stereocenters. The minimum Gasteiger partial charge on any atom is -0.0653 e. The van der Waals surface area contributed by atoms with Crippen LogP contribution in [0.4, 0.5) is 0 Å². The summed E-state index contributed by atoms with van der Waals surface area (Å²) >= 11 is 0. The summed E-state index contributed by atoms with van der Waals surface area (Å²) in [6.45, 7) is 4.90. The Morgan fingerprint density at radius 3 is 0.968 bits per heavy atom. The van der Waals surface area contributed by atoms with Gasteiger partial charge in [-0.25, -0.2) is 0 Å². The van der Waals surface area contributed by atoms with Crippen molar-refractivity contribution in [2.45, 2.75) is 31.6 Å². The van der Waals surface area contributed by atoms with Crippen molar-refractivity contribution in [3.63, 3.8) is 0 Å². The molecule has 0 saturated carbocycles. The van der Waals surface area contributed by atoms with E-state index in [2.05, 4.69) is 135 Å². The normalized spacial score (nSPS) is 11.7. The van der Waals surface area contributed by atoms with Gasteiger partial charge in [-0.1, -0.05) is 142 Å². The predicted octanol–water partition coefficient (Wildman–Crippen LogP) is 6.77. The zero-order valence-corrected chi connectivity index (χ0v) is 20.1. The molecule has 0 aliphatic carbocycles. The van der Waals surface area contributed by atoms with E-state index in [4.69, 9.17) is 0 Å². The summed E-state index contributed by atoms with van der Waals surface area (Å²) in [7, 11) is -1.12. The summed E-state index contributed by atoms with van der Waals surface area (Å²) in [5.74, 6) is 0. The fraction of sp³-hybridized carbons (Fsp3) is 0.172. The molecule has 0 aliphatic heterocycles. The first kappa shape index (κ1) is 22.0. The van der Waals surface area contributed by atoms with Crippen molar-refractivity contribution in [3.05, 3.63) is 121 Å². The van der Waals surface area contributed by atoms with E-state index < -0.39 is 15.8 Å². The Kier molecular flexibility index (Phi) is 7.34. The van der Waals surface area contributed by atoms with Crippen molar-refractivity contribution in [2.75, 3.05) is 0 Å². The van der Waals surface area contributed by atoms with Gasteiger partial charge in [0.05, 0.1) is 0 Å². The Morgan fingerprint density at radius 2 is 0.742 bits per heavy atom. The van der Waals surface area contributed by atoms with Crippen molar-refractivity contribution in [1.82, 2.24) is 0 Å². The number of benzene rings is 4. The maximum absolute atomic E-state index is 2.56. The average Bonchev–Trinajstić information content (AvgIpc) is 2.82. The van der Waals surface area contributed by atoms with E-state index in [-0.39, 0.29) is 4.90 Å². The van der Waals surface area contributed by atoms with Crippen LogP contribution in [0.3, 0.4) is 0 Å². The van der Waals surface area contributed by atoms with E-state index in [0.29, 0.717) is 0 Å². The minimum atomic E-state index is -0.560. The third-order valence-electron chi connectivity index (χ3n) is 5.74. The van der Waals surface area contributed by atoms with Gasteiger partial charge in [-0.15, -0.1) is 0 Å². The Labute approximate surface area is 189 Å². The maximum Gasteiger partial charge on any atom is 0.0238 e. The first-order valence-electron chi connectivity index (χ1n) is 11.0. The van der Waals surface area contributed by atoms with Crippen LogP contribution >= 0.6 is 15.8 Å². The minimum absolute atomic E-state index is 0.130. The second-order valence-corrected chi connectivity index (χ2v) is 13.7. The van der Waals surface area contributed by atoms with Crippen LogP contribution in [0, 0.1) is 0 Å². The predicted molar refractivity (Wildman–Crippen MR) is 141 cm³/mol. The fourth-order valence-electron chi connectivity index (χ4n) is 4.52. The molecule has 0 spiro atoms. The second kappa shape index (κ2) is 10.4. The van der Waals surface area contributed by atoms with Gasteiger partial charge in [0, 0.05) is 4.90 Å². The lowest BCUT2D eigenvalue weighted by Crippen LogP contribution is -2.36. The molecule has 0 aliphatic rings. The molecule has 0 amide bonds. The Bertz CT molecular complexity index is 885. The maximum atomic E-state index is 2.56. The van der Waals surface area contributed by atoms with Gasteiger partial charge in [-0.2, -0.15) is 0 Å². The first-order chi connectivity index (χ1) is 15.2. The summed E-state index contributed by atoms with van der Waals surface area (Å²) in [4.78, 5) is 0.130. The van der Waals surface area contributed by atoms with Crippen LogP contribution in [0.2, 0.25) is 0 Å². The summed E-state index contributed by atoms with van der Waals surface area (Å²) in [5.41, 5.74) is 0. The third-order valence-corrected chi connectivity index (χ3v) is 12.6. The van der Waals surface area contributed by atoms with E-state index in [9.17, 15) is 0 Å². The molecule has 4 aromatic carbocycles. The highest BCUT2D eigenvalue weighted by atomic mass is 31.2. The lowest BCUT2D eigenvalue weighted by molar-refractivity contribution is 0.735. The molecule has 0 N–H and O–H groups in total. The third kappa shape index (κ3) is 4.82. The standard InChI is InChI=1S/C29H30P2/c1-3-24-29(2,30(25-16-8-4-9-17-25)26-18-10-5-11-19-26)31(27-20-12-6-13-21-27)28-22-14-7-15-23-28/h4-23H,3,24H2,1-2H3. The monoisotopic (exact) mass is 440 g/mol. The molecule has 0 nitrogen and oxygen atoms in total. The van der Waals surface area contributed by atoms with E-state index >= 15 is 0 Å². The molecule has 156 valence electrons. The fourth-order valence-corrected chi connectivity index (χ4v) is 12.3. The highest BCUT2D eigenvalue weighted by molar-refractivity contribution is 7.90. The van der Waals surface area contributed by atoms with Crippen LogP contribution in [0.1, 0.15) is 26.7 Å². The molecular weight excluding hydrogens is 410 g/mol. The molecular formula is C29H30P2. The van der Waals surface area contributed by atoms with Gasteiger partial charge in [0.1, 0.15) is 0 Å². The molecule has 0 bridgehead atoms. The van der Waals surface area contributed by atoms with Gasteiger partial charge in [-0.3, -0.25) is 0 Å². The Hall–Kier alpha value is -2.26.